The number of carbonyl (C=O) groups is 1. The molecule has 156 valence electrons. The molecule has 0 aliphatic heterocycles. The predicted molar refractivity (Wildman–Crippen MR) is 122 cm³/mol. The minimum absolute atomic E-state index is 0.105. The zero-order valence-electron chi connectivity index (χ0n) is 16.7. The Bertz CT molecular complexity index is 1020. The van der Waals surface area contributed by atoms with Crippen molar-refractivity contribution in [3.05, 3.63) is 81.8 Å². The third-order valence-corrected chi connectivity index (χ3v) is 5.08. The molecule has 0 heterocycles. The van der Waals surface area contributed by atoms with E-state index in [2.05, 4.69) is 10.6 Å². The molecule has 0 bridgehead atoms. The van der Waals surface area contributed by atoms with Crippen molar-refractivity contribution in [1.82, 2.24) is 0 Å². The molecule has 0 unspecified atom stereocenters. The van der Waals surface area contributed by atoms with Crippen molar-refractivity contribution >= 4 is 40.5 Å². The van der Waals surface area contributed by atoms with E-state index in [1.807, 2.05) is 54.6 Å². The number of hydrogen-bond acceptors (Lipinski definition) is 4. The largest absolute Gasteiger partial charge is 0.493 e. The van der Waals surface area contributed by atoms with Crippen LogP contribution >= 0.6 is 23.2 Å². The van der Waals surface area contributed by atoms with Crippen LogP contribution in [0.3, 0.4) is 0 Å². The van der Waals surface area contributed by atoms with E-state index in [-0.39, 0.29) is 5.91 Å². The van der Waals surface area contributed by atoms with Crippen molar-refractivity contribution in [2.24, 2.45) is 0 Å². The third kappa shape index (κ3) is 5.81. The minimum Gasteiger partial charge on any atom is -0.493 e. The van der Waals surface area contributed by atoms with Gasteiger partial charge < -0.3 is 20.1 Å². The molecule has 30 heavy (non-hydrogen) atoms. The molecule has 3 rings (SSSR count). The normalized spacial score (nSPS) is 10.4. The fourth-order valence-corrected chi connectivity index (χ4v) is 3.24. The Morgan fingerprint density at radius 1 is 0.900 bits per heavy atom. The van der Waals surface area contributed by atoms with Gasteiger partial charge in [0.25, 0.3) is 0 Å². The summed E-state index contributed by atoms with van der Waals surface area (Å²) in [6.07, 6.45) is 0. The fourth-order valence-electron chi connectivity index (χ4n) is 2.83. The lowest BCUT2D eigenvalue weighted by Gasteiger charge is -2.15. The third-order valence-electron chi connectivity index (χ3n) is 4.36. The van der Waals surface area contributed by atoms with Gasteiger partial charge in [-0.05, 0) is 42.0 Å². The highest BCUT2D eigenvalue weighted by atomic mass is 35.5. The molecular formula is C23H22Cl2N2O3. The maximum atomic E-state index is 11.1. The van der Waals surface area contributed by atoms with Crippen LogP contribution in [0.4, 0.5) is 11.4 Å². The Hall–Kier alpha value is -2.89. The maximum Gasteiger partial charge on any atom is 0.221 e. The Labute approximate surface area is 185 Å². The Morgan fingerprint density at radius 2 is 1.60 bits per heavy atom. The second-order valence-corrected chi connectivity index (χ2v) is 7.40. The second kappa shape index (κ2) is 10.2. The molecule has 2 N–H and O–H groups in total. The van der Waals surface area contributed by atoms with Crippen LogP contribution in [0.2, 0.25) is 10.0 Å². The van der Waals surface area contributed by atoms with Crippen LogP contribution < -0.4 is 20.1 Å². The average molecular weight is 445 g/mol. The molecule has 0 saturated heterocycles. The van der Waals surface area contributed by atoms with Crippen LogP contribution in [0.1, 0.15) is 18.1 Å². The summed E-state index contributed by atoms with van der Waals surface area (Å²) in [6.45, 7) is 2.29. The summed E-state index contributed by atoms with van der Waals surface area (Å²) in [7, 11) is 1.59. The van der Waals surface area contributed by atoms with Crippen molar-refractivity contribution in [3.8, 4) is 11.5 Å². The van der Waals surface area contributed by atoms with Gasteiger partial charge in [-0.15, -0.1) is 0 Å². The van der Waals surface area contributed by atoms with E-state index < -0.39 is 0 Å². The van der Waals surface area contributed by atoms with E-state index >= 15 is 0 Å². The van der Waals surface area contributed by atoms with Gasteiger partial charge in [-0.25, -0.2) is 0 Å². The molecule has 0 fully saturated rings. The van der Waals surface area contributed by atoms with Crippen LogP contribution in [-0.2, 0) is 17.9 Å². The number of methoxy groups -OCH3 is 1. The standard InChI is InChI=1S/C23H22Cl2N2O3/c1-15(28)27-19-9-7-18(8-10-19)26-13-17-11-22(29-2)23(12-21(17)25)30-14-16-5-3-4-6-20(16)24/h3-12,26H,13-14H2,1-2H3,(H,27,28). The first-order chi connectivity index (χ1) is 14.5. The zero-order chi connectivity index (χ0) is 21.5. The molecule has 0 aliphatic rings. The van der Waals surface area contributed by atoms with Gasteiger partial charge in [0, 0.05) is 46.5 Å². The SMILES string of the molecule is COc1cc(CNc2ccc(NC(C)=O)cc2)c(Cl)cc1OCc1ccccc1Cl. The van der Waals surface area contributed by atoms with Crippen LogP contribution in [0, 0.1) is 0 Å². The molecular weight excluding hydrogens is 423 g/mol. The molecule has 0 spiro atoms. The van der Waals surface area contributed by atoms with Crippen LogP contribution in [0.15, 0.2) is 60.7 Å². The van der Waals surface area contributed by atoms with Gasteiger partial charge in [-0.3, -0.25) is 4.79 Å². The lowest BCUT2D eigenvalue weighted by atomic mass is 10.2. The summed E-state index contributed by atoms with van der Waals surface area (Å²) in [5.41, 5.74) is 3.39. The Balaban J connectivity index is 1.67. The highest BCUT2D eigenvalue weighted by molar-refractivity contribution is 6.31. The molecule has 3 aromatic rings. The van der Waals surface area contributed by atoms with Crippen LogP contribution in [-0.4, -0.2) is 13.0 Å². The first-order valence-electron chi connectivity index (χ1n) is 9.30. The van der Waals surface area contributed by atoms with E-state index in [1.165, 1.54) is 6.92 Å². The molecule has 1 amide bonds. The number of carbonyl (C=O) groups excluding carboxylic acids is 1. The summed E-state index contributed by atoms with van der Waals surface area (Å²) < 4.78 is 11.4. The van der Waals surface area contributed by atoms with Gasteiger partial charge >= 0.3 is 0 Å². The molecule has 0 aromatic heterocycles. The van der Waals surface area contributed by atoms with Crippen molar-refractivity contribution in [1.29, 1.82) is 0 Å². The van der Waals surface area contributed by atoms with E-state index in [9.17, 15) is 4.79 Å². The van der Waals surface area contributed by atoms with Crippen molar-refractivity contribution in [2.45, 2.75) is 20.1 Å². The van der Waals surface area contributed by atoms with Gasteiger partial charge in [-0.2, -0.15) is 0 Å². The predicted octanol–water partition coefficient (Wildman–Crippen LogP) is 6.15. The Kier molecular flexibility index (Phi) is 7.44. The zero-order valence-corrected chi connectivity index (χ0v) is 18.2. The monoisotopic (exact) mass is 444 g/mol. The van der Waals surface area contributed by atoms with Gasteiger partial charge in [0.1, 0.15) is 6.61 Å². The van der Waals surface area contributed by atoms with E-state index in [0.717, 1.165) is 22.5 Å². The molecule has 3 aromatic carbocycles. The number of ether oxygens (including phenoxy) is 2. The highest BCUT2D eigenvalue weighted by Gasteiger charge is 2.12. The van der Waals surface area contributed by atoms with Gasteiger partial charge in [0.15, 0.2) is 11.5 Å². The van der Waals surface area contributed by atoms with Gasteiger partial charge in [0.05, 0.1) is 7.11 Å². The lowest BCUT2D eigenvalue weighted by Crippen LogP contribution is -2.06. The number of amides is 1. The molecule has 0 aliphatic carbocycles. The second-order valence-electron chi connectivity index (χ2n) is 6.59. The number of halogens is 2. The van der Waals surface area contributed by atoms with Gasteiger partial charge in [0.2, 0.25) is 5.91 Å². The van der Waals surface area contributed by atoms with E-state index in [4.69, 9.17) is 32.7 Å². The summed E-state index contributed by atoms with van der Waals surface area (Å²) in [5, 5.41) is 7.25. The fraction of sp³-hybridized carbons (Fsp3) is 0.174. The quantitative estimate of drug-likeness (QED) is 0.437. The van der Waals surface area contributed by atoms with Crippen molar-refractivity contribution in [3.63, 3.8) is 0 Å². The Morgan fingerprint density at radius 3 is 2.27 bits per heavy atom. The minimum atomic E-state index is -0.105. The van der Waals surface area contributed by atoms with Gasteiger partial charge in [-0.1, -0.05) is 41.4 Å². The number of anilines is 2. The number of hydrogen-bond donors (Lipinski definition) is 2. The number of benzene rings is 3. The molecule has 0 atom stereocenters. The first-order valence-corrected chi connectivity index (χ1v) is 10.1. The summed E-state index contributed by atoms with van der Waals surface area (Å²) in [5.74, 6) is 1.03. The smallest absolute Gasteiger partial charge is 0.221 e. The highest BCUT2D eigenvalue weighted by Crippen LogP contribution is 2.34. The lowest BCUT2D eigenvalue weighted by molar-refractivity contribution is -0.114. The average Bonchev–Trinajstić information content (AvgIpc) is 2.73. The first kappa shape index (κ1) is 21.8. The van der Waals surface area contributed by atoms with E-state index in [0.29, 0.717) is 34.7 Å². The summed E-state index contributed by atoms with van der Waals surface area (Å²) in [4.78, 5) is 11.1. The van der Waals surface area contributed by atoms with Crippen molar-refractivity contribution < 1.29 is 14.3 Å². The van der Waals surface area contributed by atoms with E-state index in [1.54, 1.807) is 13.2 Å². The van der Waals surface area contributed by atoms with Crippen LogP contribution in [0.5, 0.6) is 11.5 Å². The molecule has 0 saturated carbocycles. The summed E-state index contributed by atoms with van der Waals surface area (Å²) in [6, 6.07) is 18.5. The topological polar surface area (TPSA) is 59.6 Å². The van der Waals surface area contributed by atoms with Crippen LogP contribution in [0.25, 0.3) is 0 Å². The molecule has 0 radical (unpaired) electrons. The van der Waals surface area contributed by atoms with Crippen molar-refractivity contribution in [2.75, 3.05) is 17.7 Å². The maximum absolute atomic E-state index is 11.1. The molecule has 5 nitrogen and oxygen atoms in total. The number of nitrogens with one attached hydrogen (secondary N) is 2. The summed E-state index contributed by atoms with van der Waals surface area (Å²) >= 11 is 12.7. The molecule has 7 heteroatoms. The number of rotatable bonds is 8.